The third-order valence-corrected chi connectivity index (χ3v) is 3.47. The van der Waals surface area contributed by atoms with Crippen LogP contribution in [0.5, 0.6) is 0 Å². The number of carbonyl (C=O) groups excluding carboxylic acids is 2. The van der Waals surface area contributed by atoms with E-state index in [1.165, 1.54) is 0 Å². The van der Waals surface area contributed by atoms with Gasteiger partial charge in [-0.1, -0.05) is 34.6 Å². The number of hydrogen-bond acceptors (Lipinski definition) is 3. The summed E-state index contributed by atoms with van der Waals surface area (Å²) in [6, 6.07) is 0. The van der Waals surface area contributed by atoms with Crippen molar-refractivity contribution in [2.75, 3.05) is 19.7 Å². The van der Waals surface area contributed by atoms with Crippen molar-refractivity contribution in [2.24, 2.45) is 16.6 Å². The summed E-state index contributed by atoms with van der Waals surface area (Å²) in [6.45, 7) is 11.0. The maximum absolute atomic E-state index is 12.2. The Balaban J connectivity index is 2.66. The van der Waals surface area contributed by atoms with E-state index in [1.54, 1.807) is 0 Å². The lowest BCUT2D eigenvalue weighted by Gasteiger charge is -2.38. The number of carbonyl (C=O) groups is 2. The minimum Gasteiger partial charge on any atom is -0.375 e. The van der Waals surface area contributed by atoms with Crippen molar-refractivity contribution in [3.05, 3.63) is 0 Å². The van der Waals surface area contributed by atoms with Crippen LogP contribution < -0.4 is 5.73 Å². The van der Waals surface area contributed by atoms with Crippen LogP contribution in [0.1, 0.15) is 41.0 Å². The van der Waals surface area contributed by atoms with Crippen molar-refractivity contribution < 1.29 is 14.3 Å². The molecule has 0 bridgehead atoms. The molecule has 1 unspecified atom stereocenters. The molecule has 0 spiro atoms. The Morgan fingerprint density at radius 3 is 2.32 bits per heavy atom. The van der Waals surface area contributed by atoms with E-state index in [1.807, 2.05) is 39.5 Å². The normalized spacial score (nSPS) is 21.3. The quantitative estimate of drug-likeness (QED) is 0.836. The topological polar surface area (TPSA) is 72.6 Å². The summed E-state index contributed by atoms with van der Waals surface area (Å²) >= 11 is 0. The van der Waals surface area contributed by atoms with E-state index in [0.29, 0.717) is 26.1 Å². The van der Waals surface area contributed by atoms with Crippen LogP contribution in [0.3, 0.4) is 0 Å². The third kappa shape index (κ3) is 4.20. The predicted molar refractivity (Wildman–Crippen MR) is 73.4 cm³/mol. The highest BCUT2D eigenvalue weighted by Gasteiger charge is 2.35. The van der Waals surface area contributed by atoms with Crippen LogP contribution in [-0.2, 0) is 14.3 Å². The first-order chi connectivity index (χ1) is 8.54. The molecule has 5 heteroatoms. The van der Waals surface area contributed by atoms with Crippen molar-refractivity contribution in [3.63, 3.8) is 0 Å². The van der Waals surface area contributed by atoms with E-state index in [2.05, 4.69) is 0 Å². The standard InChI is InChI=1S/C14H26N2O3/c1-13(2,3)12(18)16-6-7-19-10(9-16)8-14(4,5)11(15)17/h10H,6-9H2,1-5H3,(H2,15,17). The Morgan fingerprint density at radius 1 is 1.26 bits per heavy atom. The van der Waals surface area contributed by atoms with Crippen LogP contribution in [0, 0.1) is 10.8 Å². The van der Waals surface area contributed by atoms with Gasteiger partial charge in [-0.05, 0) is 6.42 Å². The van der Waals surface area contributed by atoms with Gasteiger partial charge in [-0.3, -0.25) is 9.59 Å². The van der Waals surface area contributed by atoms with Crippen molar-refractivity contribution in [1.29, 1.82) is 0 Å². The van der Waals surface area contributed by atoms with Gasteiger partial charge in [-0.15, -0.1) is 0 Å². The van der Waals surface area contributed by atoms with Crippen LogP contribution in [0.2, 0.25) is 0 Å². The second kappa shape index (κ2) is 5.49. The van der Waals surface area contributed by atoms with Gasteiger partial charge in [0.05, 0.1) is 12.7 Å². The minimum absolute atomic E-state index is 0.123. The molecule has 0 aromatic carbocycles. The van der Waals surface area contributed by atoms with Gasteiger partial charge in [0, 0.05) is 23.9 Å². The van der Waals surface area contributed by atoms with E-state index in [9.17, 15) is 9.59 Å². The zero-order valence-corrected chi connectivity index (χ0v) is 12.7. The Morgan fingerprint density at radius 2 is 1.84 bits per heavy atom. The van der Waals surface area contributed by atoms with Crippen LogP contribution in [0.15, 0.2) is 0 Å². The molecule has 19 heavy (non-hydrogen) atoms. The molecular formula is C14H26N2O3. The molecule has 1 atom stereocenters. The Kier molecular flexibility index (Phi) is 4.61. The molecule has 1 rings (SSSR count). The van der Waals surface area contributed by atoms with Gasteiger partial charge in [-0.2, -0.15) is 0 Å². The average molecular weight is 270 g/mol. The van der Waals surface area contributed by atoms with Crippen molar-refractivity contribution in [2.45, 2.75) is 47.1 Å². The second-order valence-corrected chi connectivity index (χ2v) is 6.95. The lowest BCUT2D eigenvalue weighted by Crippen LogP contribution is -2.51. The number of primary amides is 1. The molecule has 0 radical (unpaired) electrons. The fourth-order valence-corrected chi connectivity index (χ4v) is 2.17. The molecule has 5 nitrogen and oxygen atoms in total. The monoisotopic (exact) mass is 270 g/mol. The first kappa shape index (κ1) is 16.0. The molecule has 2 amide bonds. The van der Waals surface area contributed by atoms with E-state index >= 15 is 0 Å². The lowest BCUT2D eigenvalue weighted by atomic mass is 9.85. The van der Waals surface area contributed by atoms with Gasteiger partial charge >= 0.3 is 0 Å². The van der Waals surface area contributed by atoms with Crippen LogP contribution in [0.25, 0.3) is 0 Å². The molecule has 1 fully saturated rings. The van der Waals surface area contributed by atoms with Crippen molar-refractivity contribution >= 4 is 11.8 Å². The zero-order chi connectivity index (χ0) is 14.8. The van der Waals surface area contributed by atoms with Crippen molar-refractivity contribution in [1.82, 2.24) is 4.90 Å². The smallest absolute Gasteiger partial charge is 0.228 e. The molecule has 1 saturated heterocycles. The summed E-state index contributed by atoms with van der Waals surface area (Å²) in [6.07, 6.45) is 0.415. The Bertz CT molecular complexity index is 358. The second-order valence-electron chi connectivity index (χ2n) is 6.95. The van der Waals surface area contributed by atoms with Gasteiger partial charge in [0.2, 0.25) is 11.8 Å². The van der Waals surface area contributed by atoms with E-state index < -0.39 is 5.41 Å². The van der Waals surface area contributed by atoms with Gasteiger partial charge in [0.1, 0.15) is 0 Å². The summed E-state index contributed by atoms with van der Waals surface area (Å²) in [5, 5.41) is 0. The fourth-order valence-electron chi connectivity index (χ4n) is 2.17. The summed E-state index contributed by atoms with van der Waals surface area (Å²) < 4.78 is 5.66. The first-order valence-electron chi connectivity index (χ1n) is 6.75. The first-order valence-corrected chi connectivity index (χ1v) is 6.75. The molecule has 1 heterocycles. The Hall–Kier alpha value is -1.10. The Labute approximate surface area is 115 Å². The highest BCUT2D eigenvalue weighted by Crippen LogP contribution is 2.26. The third-order valence-electron chi connectivity index (χ3n) is 3.47. The fraction of sp³-hybridized carbons (Fsp3) is 0.857. The van der Waals surface area contributed by atoms with Gasteiger partial charge in [0.25, 0.3) is 0 Å². The lowest BCUT2D eigenvalue weighted by molar-refractivity contribution is -0.148. The summed E-state index contributed by atoms with van der Waals surface area (Å²) in [7, 11) is 0. The average Bonchev–Trinajstić information content (AvgIpc) is 2.26. The molecule has 1 aliphatic rings. The maximum atomic E-state index is 12.2. The molecule has 0 saturated carbocycles. The van der Waals surface area contributed by atoms with Gasteiger partial charge < -0.3 is 15.4 Å². The maximum Gasteiger partial charge on any atom is 0.228 e. The molecule has 110 valence electrons. The van der Waals surface area contributed by atoms with Gasteiger partial charge in [-0.25, -0.2) is 0 Å². The molecule has 0 aromatic heterocycles. The number of nitrogens with two attached hydrogens (primary N) is 1. The predicted octanol–water partition coefficient (Wildman–Crippen LogP) is 1.16. The minimum atomic E-state index is -0.613. The van der Waals surface area contributed by atoms with Crippen LogP contribution in [0.4, 0.5) is 0 Å². The highest BCUT2D eigenvalue weighted by atomic mass is 16.5. The molecule has 1 aliphatic heterocycles. The van der Waals surface area contributed by atoms with E-state index in [0.717, 1.165) is 0 Å². The molecule has 0 aromatic rings. The number of nitrogens with zero attached hydrogens (tertiary/aromatic N) is 1. The summed E-state index contributed by atoms with van der Waals surface area (Å²) in [4.78, 5) is 25.4. The number of amides is 2. The summed E-state index contributed by atoms with van der Waals surface area (Å²) in [5.74, 6) is -0.215. The zero-order valence-electron chi connectivity index (χ0n) is 12.7. The largest absolute Gasteiger partial charge is 0.375 e. The molecule has 2 N–H and O–H groups in total. The number of ether oxygens (including phenoxy) is 1. The highest BCUT2D eigenvalue weighted by molar-refractivity contribution is 5.82. The van der Waals surface area contributed by atoms with Crippen molar-refractivity contribution in [3.8, 4) is 0 Å². The van der Waals surface area contributed by atoms with Crippen LogP contribution in [-0.4, -0.2) is 42.5 Å². The van der Waals surface area contributed by atoms with Gasteiger partial charge in [0.15, 0.2) is 0 Å². The molecule has 0 aliphatic carbocycles. The molecular weight excluding hydrogens is 244 g/mol. The number of morpholine rings is 1. The van der Waals surface area contributed by atoms with E-state index in [4.69, 9.17) is 10.5 Å². The summed E-state index contributed by atoms with van der Waals surface area (Å²) in [5.41, 5.74) is 4.38. The number of rotatable bonds is 3. The van der Waals surface area contributed by atoms with Crippen LogP contribution >= 0.6 is 0 Å². The SMILES string of the molecule is CC(C)(C)C(=O)N1CCOC(CC(C)(C)C(N)=O)C1. The number of hydrogen-bond donors (Lipinski definition) is 1. The van der Waals surface area contributed by atoms with E-state index in [-0.39, 0.29) is 23.3 Å².